The van der Waals surface area contributed by atoms with Crippen LogP contribution in [0.25, 0.3) is 33.8 Å². The van der Waals surface area contributed by atoms with Crippen molar-refractivity contribution in [2.45, 2.75) is 126 Å². The molecular weight excluding hydrogens is 1540 g/mol. The number of amides is 5. The topological polar surface area (TPSA) is 335 Å². The third kappa shape index (κ3) is 21.1. The summed E-state index contributed by atoms with van der Waals surface area (Å²) in [6.45, 7) is 11.4. The van der Waals surface area contributed by atoms with Crippen molar-refractivity contribution in [2.24, 2.45) is 16.2 Å². The second-order valence-electron chi connectivity index (χ2n) is 30.0. The lowest BCUT2D eigenvalue weighted by Crippen LogP contribution is -2.33. The molecule has 0 aliphatic heterocycles. The SMILES string of the molecule is CN(Cc1cc(-c2ccccc2F)n(S(=O)(=O)c2ccc(O)cc2)c1)C(=O)OC(C)(C)C.CNC(=O)C1(CO)CC1.CNC(=O)C1(COc2ccc(S(=O)(=O)n3cc(CN(C)C(=O)OC(C)(C)C)cc3-c3ccccc3F)cc2)CC1.CNCc1cc(-c2ccccc2F)n(S(=O)(=O)c2ccc(OCC3(C(=O)NC)CC3)cc2)c1. The number of benzene rings is 6. The lowest BCUT2D eigenvalue weighted by Gasteiger charge is -2.24. The molecule has 3 aliphatic rings. The Labute approximate surface area is 662 Å². The summed E-state index contributed by atoms with van der Waals surface area (Å²) in [7, 11) is -2.67. The van der Waals surface area contributed by atoms with Gasteiger partial charge in [-0.25, -0.2) is 59.9 Å². The Bertz CT molecular complexity index is 5300. The second-order valence-corrected chi connectivity index (χ2v) is 35.4. The highest BCUT2D eigenvalue weighted by atomic mass is 32.2. The van der Waals surface area contributed by atoms with Gasteiger partial charge in [-0.1, -0.05) is 36.4 Å². The molecule has 3 saturated carbocycles. The van der Waals surface area contributed by atoms with Crippen LogP contribution in [0.1, 0.15) is 96.8 Å². The van der Waals surface area contributed by atoms with Crippen molar-refractivity contribution in [3.05, 3.63) is 217 Å². The lowest BCUT2D eigenvalue weighted by molar-refractivity contribution is -0.127. The van der Waals surface area contributed by atoms with Gasteiger partial charge in [0.05, 0.1) is 67.7 Å². The van der Waals surface area contributed by atoms with E-state index in [2.05, 4.69) is 21.3 Å². The zero-order valence-corrected chi connectivity index (χ0v) is 67.9. The van der Waals surface area contributed by atoms with Crippen molar-refractivity contribution in [3.63, 3.8) is 0 Å². The summed E-state index contributed by atoms with van der Waals surface area (Å²) in [4.78, 5) is 62.3. The number of nitrogens with one attached hydrogen (secondary N) is 4. The molecule has 114 heavy (non-hydrogen) atoms. The zero-order valence-electron chi connectivity index (χ0n) is 65.4. The molecule has 5 amide bonds. The summed E-state index contributed by atoms with van der Waals surface area (Å²) >= 11 is 0. The van der Waals surface area contributed by atoms with Crippen LogP contribution in [0.4, 0.5) is 22.8 Å². The third-order valence-electron chi connectivity index (χ3n) is 18.8. The fourth-order valence-electron chi connectivity index (χ4n) is 11.9. The third-order valence-corrected chi connectivity index (χ3v) is 23.8. The van der Waals surface area contributed by atoms with Gasteiger partial charge in [0.25, 0.3) is 30.1 Å². The molecule has 0 saturated heterocycles. The quantitative estimate of drug-likeness (QED) is 0.0309. The van der Waals surface area contributed by atoms with Crippen LogP contribution in [-0.2, 0) is 73.6 Å². The first-order valence-electron chi connectivity index (χ1n) is 36.4. The first-order valence-corrected chi connectivity index (χ1v) is 40.7. The molecule has 26 nitrogen and oxygen atoms in total. The molecule has 6 N–H and O–H groups in total. The van der Waals surface area contributed by atoms with Gasteiger partial charge in [0.15, 0.2) is 0 Å². The van der Waals surface area contributed by atoms with Crippen LogP contribution in [0.15, 0.2) is 197 Å². The minimum Gasteiger partial charge on any atom is -0.508 e. The molecule has 3 heterocycles. The molecule has 32 heteroatoms. The average molecular weight is 1630 g/mol. The van der Waals surface area contributed by atoms with Crippen molar-refractivity contribution in [1.29, 1.82) is 0 Å². The molecule has 0 bridgehead atoms. The smallest absolute Gasteiger partial charge is 0.410 e. The Kier molecular flexibility index (Phi) is 27.2. The van der Waals surface area contributed by atoms with Gasteiger partial charge in [-0.05, 0) is 231 Å². The van der Waals surface area contributed by atoms with Gasteiger partial charge in [0.2, 0.25) is 17.7 Å². The molecule has 9 aromatic rings. The number of phenolic OH excluding ortho intramolecular Hbond substituents is 1. The van der Waals surface area contributed by atoms with Crippen molar-refractivity contribution in [2.75, 3.05) is 62.1 Å². The van der Waals surface area contributed by atoms with Gasteiger partial charge in [0.1, 0.15) is 59.1 Å². The number of aliphatic hydroxyl groups is 1. The van der Waals surface area contributed by atoms with E-state index in [1.807, 2.05) is 0 Å². The minimum absolute atomic E-state index is 0.00727. The Hall–Kier alpha value is -10.9. The number of aromatic nitrogens is 3. The Morgan fingerprint density at radius 3 is 1.01 bits per heavy atom. The maximum atomic E-state index is 14.8. The van der Waals surface area contributed by atoms with Gasteiger partial charge in [-0.3, -0.25) is 14.4 Å². The number of hydrogen-bond donors (Lipinski definition) is 6. The highest BCUT2D eigenvalue weighted by Gasteiger charge is 2.52. The van der Waals surface area contributed by atoms with Crippen LogP contribution < -0.4 is 30.7 Å². The van der Waals surface area contributed by atoms with Crippen LogP contribution in [0, 0.1) is 33.7 Å². The Balaban J connectivity index is 0.000000186. The number of rotatable bonds is 25. The zero-order chi connectivity index (χ0) is 83.5. The standard InChI is InChI=1S/C29H34FN3O6S.C24H26FN3O4S.C23H25FN2O5S.C6H11NO2/c1-28(2,3)39-27(35)32(5)17-20-16-25(23-8-6-7-9-24(23)30)33(18-20)40(36,37)22-12-10-21(11-13-22)38-19-29(14-15-29)26(34)31-4;1-26-14-17-13-22(20-5-3-4-6-21(20)25)28(15-17)33(30,31)19-9-7-18(8-10-19)32-16-24(11-12-24)23(29)27-2;1-23(2,3)31-22(28)25(4)14-16-13-21(19-7-5-6-8-20(19)24)26(15-16)32(29,30)18-11-9-17(27)10-12-18;1-7-5(9)6(4-8)2-3-6/h6-13,16,18H,14-15,17,19H2,1-5H3,(H,31,34);3-10,13,15,26H,11-12,14,16H2,1-2H3,(H,27,29);5-13,15,27H,14H2,1-4H3;8H,2-4H2,1H3,(H,7,9). The van der Waals surface area contributed by atoms with E-state index in [1.54, 1.807) is 124 Å². The highest BCUT2D eigenvalue weighted by molar-refractivity contribution is 7.90. The van der Waals surface area contributed by atoms with Gasteiger partial charge in [-0.2, -0.15) is 0 Å². The Morgan fingerprint density at radius 2 is 0.737 bits per heavy atom. The predicted molar refractivity (Wildman–Crippen MR) is 422 cm³/mol. The molecule has 0 atom stereocenters. The van der Waals surface area contributed by atoms with E-state index in [0.717, 1.165) is 50.4 Å². The highest BCUT2D eigenvalue weighted by Crippen LogP contribution is 2.48. The molecular formula is C82H96F3N9O17S3. The first kappa shape index (κ1) is 87.0. The van der Waals surface area contributed by atoms with Crippen LogP contribution in [0.2, 0.25) is 0 Å². The van der Waals surface area contributed by atoms with E-state index < -0.39 is 87.2 Å². The number of aliphatic hydroxyl groups excluding tert-OH is 1. The molecule has 0 unspecified atom stereocenters. The maximum absolute atomic E-state index is 14.8. The summed E-state index contributed by atoms with van der Waals surface area (Å²) in [6.07, 6.45) is 7.75. The molecule has 6 aromatic carbocycles. The van der Waals surface area contributed by atoms with Crippen molar-refractivity contribution < 1.29 is 91.6 Å². The number of nitrogens with zero attached hydrogens (tertiary/aromatic N) is 5. The van der Waals surface area contributed by atoms with Gasteiger partial charge >= 0.3 is 12.2 Å². The van der Waals surface area contributed by atoms with Crippen LogP contribution >= 0.6 is 0 Å². The normalized spacial score (nSPS) is 14.3. The lowest BCUT2D eigenvalue weighted by atomic mass is 10.1. The van der Waals surface area contributed by atoms with E-state index in [9.17, 15) is 67.5 Å². The predicted octanol–water partition coefficient (Wildman–Crippen LogP) is 12.1. The van der Waals surface area contributed by atoms with Crippen molar-refractivity contribution >= 4 is 60.0 Å². The minimum atomic E-state index is -4.17. The largest absolute Gasteiger partial charge is 0.508 e. The van der Waals surface area contributed by atoms with Gasteiger partial charge in [-0.15, -0.1) is 0 Å². The number of hydrogen-bond acceptors (Lipinski definition) is 18. The fourth-order valence-corrected chi connectivity index (χ4v) is 16.1. The number of phenols is 1. The number of carbonyl (C=O) groups excluding carboxylic acids is 5. The fraction of sp³-hybridized carbons (Fsp3) is 0.354. The molecule has 3 fully saturated rings. The molecule has 610 valence electrons. The van der Waals surface area contributed by atoms with Crippen LogP contribution in [-0.4, -0.2) is 160 Å². The van der Waals surface area contributed by atoms with Crippen LogP contribution in [0.3, 0.4) is 0 Å². The van der Waals surface area contributed by atoms with E-state index in [0.29, 0.717) is 34.7 Å². The van der Waals surface area contributed by atoms with Gasteiger partial charge in [0, 0.05) is 77.1 Å². The number of halogens is 3. The molecule has 0 radical (unpaired) electrons. The van der Waals surface area contributed by atoms with E-state index >= 15 is 0 Å². The summed E-state index contributed by atoms with van der Waals surface area (Å²) in [6, 6.07) is 39.5. The summed E-state index contributed by atoms with van der Waals surface area (Å²) in [5.74, 6) is -0.997. The molecule has 12 rings (SSSR count). The average Bonchev–Trinajstić information content (AvgIpc) is 1.67. The molecule has 3 aliphatic carbocycles. The number of ether oxygens (including phenoxy) is 4. The monoisotopic (exact) mass is 1630 g/mol. The van der Waals surface area contributed by atoms with Crippen molar-refractivity contribution in [3.8, 4) is 51.0 Å². The first-order chi connectivity index (χ1) is 53.7. The van der Waals surface area contributed by atoms with E-state index in [4.69, 9.17) is 24.1 Å². The van der Waals surface area contributed by atoms with Gasteiger partial charge < -0.3 is 60.2 Å². The molecule has 3 aromatic heterocycles. The van der Waals surface area contributed by atoms with Crippen molar-refractivity contribution in [1.82, 2.24) is 43.0 Å². The number of aromatic hydroxyl groups is 1. The summed E-state index contributed by atoms with van der Waals surface area (Å²) in [5, 5.41) is 29.0. The Morgan fingerprint density at radius 1 is 0.447 bits per heavy atom. The maximum Gasteiger partial charge on any atom is 0.410 e. The molecule has 0 spiro atoms. The number of carbonyl (C=O) groups is 5. The summed E-state index contributed by atoms with van der Waals surface area (Å²) < 4.78 is 150. The summed E-state index contributed by atoms with van der Waals surface area (Å²) in [5.41, 5.74) is -0.277. The van der Waals surface area contributed by atoms with Crippen LogP contribution in [0.5, 0.6) is 17.2 Å². The van der Waals surface area contributed by atoms with E-state index in [1.165, 1.54) is 152 Å². The second kappa shape index (κ2) is 35.6. The van der Waals surface area contributed by atoms with E-state index in [-0.39, 0.29) is 105 Å².